The van der Waals surface area contributed by atoms with Gasteiger partial charge in [-0.05, 0) is 72.6 Å². The fourth-order valence-corrected chi connectivity index (χ4v) is 12.1. The van der Waals surface area contributed by atoms with Gasteiger partial charge in [-0.25, -0.2) is 18.4 Å². The average Bonchev–Trinajstić information content (AvgIpc) is 3.76. The van der Waals surface area contributed by atoms with Crippen molar-refractivity contribution >= 4 is 78.4 Å². The predicted octanol–water partition coefficient (Wildman–Crippen LogP) is 3.45. The number of thiazole rings is 1. The number of hydrogen-bond acceptors (Lipinski definition) is 10. The molecule has 1 aromatic heterocycles. The number of nitrogens with one attached hydrogen (secondary N) is 2. The van der Waals surface area contributed by atoms with E-state index in [0.29, 0.717) is 28.4 Å². The molecule has 2 aliphatic carbocycles. The summed E-state index contributed by atoms with van der Waals surface area (Å²) in [4.78, 5) is 70.1. The van der Waals surface area contributed by atoms with Crippen LogP contribution in [0, 0.1) is 35.5 Å². The zero-order valence-electron chi connectivity index (χ0n) is 26.0. The first-order valence-corrected chi connectivity index (χ1v) is 19.5. The molecule has 3 heterocycles. The fourth-order valence-electron chi connectivity index (χ4n) is 8.32. The third-order valence-corrected chi connectivity index (χ3v) is 14.1. The van der Waals surface area contributed by atoms with Crippen molar-refractivity contribution in [1.82, 2.24) is 9.88 Å². The number of primary sulfonamides is 1. The lowest BCUT2D eigenvalue weighted by atomic mass is 9.68. The Labute approximate surface area is 297 Å². The molecule has 2 bridgehead atoms. The van der Waals surface area contributed by atoms with Crippen molar-refractivity contribution in [2.75, 3.05) is 11.9 Å². The molecule has 8 atom stereocenters. The SMILES string of the molecule is CC(C)C(C(=O)O)N1C(=O)C2C3CC(C2C1=O)C1C3Sc2[nH]c(=O)sc2[C@@H]1c1cc(Br)ccc1OCC(=O)Nc1ccc(S(N)(=O)=O)cc1. The number of carbonyl (C=O) groups excluding carboxylic acids is 3. The molecule has 4 aliphatic rings. The molecule has 13 nitrogen and oxygen atoms in total. The molecule has 2 aromatic carbocycles. The van der Waals surface area contributed by atoms with Crippen molar-refractivity contribution in [3.8, 4) is 5.75 Å². The van der Waals surface area contributed by atoms with Crippen LogP contribution in [0.25, 0.3) is 0 Å². The number of halogens is 1. The number of carboxylic acid groups (broad SMARTS) is 1. The van der Waals surface area contributed by atoms with Crippen LogP contribution in [-0.4, -0.2) is 65.0 Å². The van der Waals surface area contributed by atoms with Crippen molar-refractivity contribution in [1.29, 1.82) is 0 Å². The number of rotatable bonds is 9. The molecule has 3 amide bonds. The number of aliphatic carboxylic acids is 1. The molecule has 3 fully saturated rings. The summed E-state index contributed by atoms with van der Waals surface area (Å²) in [6.45, 7) is 2.98. The Morgan fingerprint density at radius 1 is 1.10 bits per heavy atom. The van der Waals surface area contributed by atoms with Gasteiger partial charge in [-0.2, -0.15) is 0 Å². The molecular formula is C32H31BrN4O9S3. The minimum absolute atomic E-state index is 0.0958. The molecular weight excluding hydrogens is 760 g/mol. The van der Waals surface area contributed by atoms with E-state index in [4.69, 9.17) is 9.88 Å². The second-order valence-electron chi connectivity index (χ2n) is 13.1. The number of amides is 3. The molecule has 49 heavy (non-hydrogen) atoms. The average molecular weight is 792 g/mol. The Balaban J connectivity index is 1.20. The molecule has 17 heteroatoms. The number of fused-ring (bicyclic) bond motifs is 9. The molecule has 7 unspecified atom stereocenters. The maximum absolute atomic E-state index is 14.0. The number of hydrogen-bond donors (Lipinski definition) is 4. The third-order valence-electron chi connectivity index (χ3n) is 10.1. The van der Waals surface area contributed by atoms with Crippen molar-refractivity contribution in [2.45, 2.75) is 47.4 Å². The van der Waals surface area contributed by atoms with Gasteiger partial charge in [0.25, 0.3) is 5.91 Å². The summed E-state index contributed by atoms with van der Waals surface area (Å²) in [5.74, 6) is -5.00. The maximum atomic E-state index is 14.0. The van der Waals surface area contributed by atoms with Gasteiger partial charge < -0.3 is 20.1 Å². The Morgan fingerprint density at radius 2 is 1.78 bits per heavy atom. The fraction of sp³-hybridized carbons (Fsp3) is 0.406. The van der Waals surface area contributed by atoms with Gasteiger partial charge in [-0.15, -0.1) is 11.8 Å². The third kappa shape index (κ3) is 5.72. The van der Waals surface area contributed by atoms with Crippen molar-refractivity contribution in [3.05, 3.63) is 67.0 Å². The predicted molar refractivity (Wildman–Crippen MR) is 183 cm³/mol. The first kappa shape index (κ1) is 34.0. The van der Waals surface area contributed by atoms with Gasteiger partial charge in [0.05, 0.1) is 21.8 Å². The lowest BCUT2D eigenvalue weighted by Crippen LogP contribution is -2.49. The number of anilines is 1. The highest BCUT2D eigenvalue weighted by atomic mass is 79.9. The highest BCUT2D eigenvalue weighted by Gasteiger charge is 2.70. The van der Waals surface area contributed by atoms with Gasteiger partial charge in [-0.1, -0.05) is 41.1 Å². The van der Waals surface area contributed by atoms with E-state index in [1.54, 1.807) is 26.0 Å². The van der Waals surface area contributed by atoms with Crippen LogP contribution < -0.4 is 20.1 Å². The molecule has 3 aromatic rings. The van der Waals surface area contributed by atoms with E-state index >= 15 is 0 Å². The van der Waals surface area contributed by atoms with E-state index in [2.05, 4.69) is 26.2 Å². The zero-order valence-corrected chi connectivity index (χ0v) is 30.0. The first-order valence-electron chi connectivity index (χ1n) is 15.5. The van der Waals surface area contributed by atoms with Gasteiger partial charge in [0.15, 0.2) is 6.61 Å². The Kier molecular flexibility index (Phi) is 8.57. The summed E-state index contributed by atoms with van der Waals surface area (Å²) in [5.41, 5.74) is 1.05. The van der Waals surface area contributed by atoms with E-state index in [9.17, 15) is 37.5 Å². The number of nitrogens with zero attached hydrogens (tertiary/aromatic N) is 1. The normalized spacial score (nSPS) is 27.5. The Hall–Kier alpha value is -3.51. The molecule has 1 saturated heterocycles. The summed E-state index contributed by atoms with van der Waals surface area (Å²) in [6.07, 6.45) is 0.620. The summed E-state index contributed by atoms with van der Waals surface area (Å²) < 4.78 is 30.0. The van der Waals surface area contributed by atoms with Crippen molar-refractivity contribution in [3.63, 3.8) is 0 Å². The molecule has 258 valence electrons. The Bertz CT molecular complexity index is 2070. The number of likely N-dealkylation sites (tertiary alicyclic amines) is 1. The quantitative estimate of drug-likeness (QED) is 0.232. The zero-order chi connectivity index (χ0) is 35.1. The molecule has 5 N–H and O–H groups in total. The number of ether oxygens (including phenoxy) is 1. The maximum Gasteiger partial charge on any atom is 0.327 e. The first-order chi connectivity index (χ1) is 23.1. The minimum Gasteiger partial charge on any atom is -0.483 e. The van der Waals surface area contributed by atoms with E-state index in [-0.39, 0.29) is 39.4 Å². The second kappa shape index (κ2) is 12.4. The van der Waals surface area contributed by atoms with Crippen LogP contribution in [0.4, 0.5) is 5.69 Å². The van der Waals surface area contributed by atoms with Crippen molar-refractivity contribution in [2.24, 2.45) is 40.6 Å². The number of nitrogens with two attached hydrogens (primary N) is 1. The number of sulfonamides is 1. The summed E-state index contributed by atoms with van der Waals surface area (Å²) in [5, 5.41) is 18.4. The molecule has 2 aliphatic heterocycles. The van der Waals surface area contributed by atoms with Crippen LogP contribution in [0.2, 0.25) is 0 Å². The molecule has 0 radical (unpaired) electrons. The monoisotopic (exact) mass is 790 g/mol. The number of aromatic amines is 1. The molecule has 0 spiro atoms. The summed E-state index contributed by atoms with van der Waals surface area (Å²) in [6, 6.07) is 9.50. The summed E-state index contributed by atoms with van der Waals surface area (Å²) in [7, 11) is -3.89. The number of thioether (sulfide) groups is 1. The van der Waals surface area contributed by atoms with Crippen molar-refractivity contribution < 1.29 is 37.4 Å². The number of benzene rings is 2. The van der Waals surface area contributed by atoms with E-state index in [1.807, 2.05) is 6.07 Å². The van der Waals surface area contributed by atoms with Gasteiger partial charge in [-0.3, -0.25) is 24.1 Å². The number of aromatic nitrogens is 1. The largest absolute Gasteiger partial charge is 0.483 e. The topological polar surface area (TPSA) is 206 Å². The molecule has 2 saturated carbocycles. The van der Waals surface area contributed by atoms with Gasteiger partial charge in [0, 0.05) is 31.8 Å². The lowest BCUT2D eigenvalue weighted by Gasteiger charge is -2.43. The van der Waals surface area contributed by atoms with E-state index < -0.39 is 63.4 Å². The highest BCUT2D eigenvalue weighted by Crippen LogP contribution is 2.69. The smallest absolute Gasteiger partial charge is 0.327 e. The van der Waals surface area contributed by atoms with Crippen LogP contribution in [0.15, 0.2) is 61.7 Å². The minimum atomic E-state index is -3.89. The van der Waals surface area contributed by atoms with Crippen LogP contribution in [0.1, 0.15) is 36.6 Å². The van der Waals surface area contributed by atoms with Gasteiger partial charge in [0.1, 0.15) is 11.8 Å². The van der Waals surface area contributed by atoms with E-state index in [0.717, 1.165) is 25.6 Å². The van der Waals surface area contributed by atoms with Crippen LogP contribution >= 0.6 is 39.0 Å². The van der Waals surface area contributed by atoms with Gasteiger partial charge in [0.2, 0.25) is 21.8 Å². The Morgan fingerprint density at radius 3 is 2.41 bits per heavy atom. The standard InChI is InChI=1S/C32H31BrN4O9S3/c1-12(2)25(31(41)42)37-29(39)23-17-10-18(24(23)30(37)40)26-22(17)21(27-28(47-26)36-32(43)48-27)16-9-13(33)3-8-19(16)46-11-20(38)35-14-4-6-15(7-5-14)49(34,44)45/h3-9,12,17-18,21-26H,10-11H2,1-2H3,(H,35,38)(H,36,43)(H,41,42)(H2,34,44,45)/t17?,18?,21-,22?,23?,24?,25?,26?/m1/s1. The number of H-pyrrole nitrogens is 1. The highest BCUT2D eigenvalue weighted by molar-refractivity contribution is 9.10. The number of carboxylic acids is 1. The van der Waals surface area contributed by atoms with Crippen LogP contribution in [-0.2, 0) is 29.2 Å². The van der Waals surface area contributed by atoms with Gasteiger partial charge >= 0.3 is 10.8 Å². The van der Waals surface area contributed by atoms with Crippen LogP contribution in [0.3, 0.4) is 0 Å². The lowest BCUT2D eigenvalue weighted by molar-refractivity contribution is -0.157. The number of imide groups is 1. The van der Waals surface area contributed by atoms with Crippen LogP contribution in [0.5, 0.6) is 5.75 Å². The van der Waals surface area contributed by atoms with E-state index in [1.165, 1.54) is 36.0 Å². The summed E-state index contributed by atoms with van der Waals surface area (Å²) >= 11 is 6.15. The second-order valence-corrected chi connectivity index (χ2v) is 17.8. The molecule has 7 rings (SSSR count). The number of carbonyl (C=O) groups is 4.